The van der Waals surface area contributed by atoms with E-state index in [4.69, 9.17) is 14.7 Å². The molecule has 4 aliphatic rings. The largest absolute Gasteiger partial charge is 0.461 e. The maximum Gasteiger partial charge on any atom is 0.318 e. The van der Waals surface area contributed by atoms with Gasteiger partial charge in [-0.05, 0) is 94.5 Å². The summed E-state index contributed by atoms with van der Waals surface area (Å²) in [6.45, 7) is 9.70. The number of hydrogen-bond acceptors (Lipinski definition) is 7. The molecule has 2 aromatic carbocycles. The number of aliphatic hydroxyl groups is 1. The van der Waals surface area contributed by atoms with Crippen LogP contribution in [-0.2, 0) is 19.4 Å². The average Bonchev–Trinajstić information content (AvgIpc) is 3.55. The van der Waals surface area contributed by atoms with Gasteiger partial charge in [0.05, 0.1) is 23.4 Å². The van der Waals surface area contributed by atoms with E-state index in [-0.39, 0.29) is 11.4 Å². The molecule has 0 radical (unpaired) electrons. The SMILES string of the molecule is CCc1c(F)ccc2cccc(N3CCc4c(nc(OCC56CCCN5CCC6)nc4N4CCCC(C)(O)C4)C3)c12. The van der Waals surface area contributed by atoms with Crippen molar-refractivity contribution in [1.82, 2.24) is 14.9 Å². The van der Waals surface area contributed by atoms with E-state index in [2.05, 4.69) is 32.9 Å². The topological polar surface area (TPSA) is 65.0 Å². The van der Waals surface area contributed by atoms with Crippen LogP contribution in [0.1, 0.15) is 69.2 Å². The van der Waals surface area contributed by atoms with E-state index in [0.717, 1.165) is 84.5 Å². The van der Waals surface area contributed by atoms with Gasteiger partial charge in [-0.2, -0.15) is 9.97 Å². The summed E-state index contributed by atoms with van der Waals surface area (Å²) in [6.07, 6.45) is 7.94. The lowest BCUT2D eigenvalue weighted by atomic mass is 9.94. The van der Waals surface area contributed by atoms with Crippen molar-refractivity contribution < 1.29 is 14.2 Å². The molecule has 1 aromatic heterocycles. The molecule has 41 heavy (non-hydrogen) atoms. The number of halogens is 1. The molecule has 7 nitrogen and oxygen atoms in total. The lowest BCUT2D eigenvalue weighted by Crippen LogP contribution is -2.47. The van der Waals surface area contributed by atoms with Crippen molar-refractivity contribution in [1.29, 1.82) is 0 Å². The van der Waals surface area contributed by atoms with Gasteiger partial charge < -0.3 is 19.6 Å². The molecule has 0 amide bonds. The summed E-state index contributed by atoms with van der Waals surface area (Å²) in [4.78, 5) is 17.2. The molecule has 1 N–H and O–H groups in total. The van der Waals surface area contributed by atoms with Crippen LogP contribution in [0.15, 0.2) is 30.3 Å². The normalized spacial score (nSPS) is 24.1. The second-order valence-electron chi connectivity index (χ2n) is 12.9. The van der Waals surface area contributed by atoms with E-state index < -0.39 is 5.60 Å². The van der Waals surface area contributed by atoms with E-state index in [9.17, 15) is 9.50 Å². The molecule has 1 unspecified atom stereocenters. The predicted molar refractivity (Wildman–Crippen MR) is 160 cm³/mol. The minimum absolute atomic E-state index is 0.115. The number of anilines is 2. The van der Waals surface area contributed by atoms with Gasteiger partial charge in [-0.3, -0.25) is 4.90 Å². The van der Waals surface area contributed by atoms with Crippen LogP contribution in [0.25, 0.3) is 10.8 Å². The fourth-order valence-corrected chi connectivity index (χ4v) is 8.00. The Hall–Kier alpha value is -2.97. The minimum Gasteiger partial charge on any atom is -0.461 e. The molecule has 5 heterocycles. The summed E-state index contributed by atoms with van der Waals surface area (Å²) < 4.78 is 21.4. The first-order valence-electron chi connectivity index (χ1n) is 15.6. The van der Waals surface area contributed by atoms with Gasteiger partial charge in [0.1, 0.15) is 18.2 Å². The molecule has 1 atom stereocenters. The van der Waals surface area contributed by atoms with Gasteiger partial charge in [0.2, 0.25) is 0 Å². The predicted octanol–water partition coefficient (Wildman–Crippen LogP) is 5.25. The van der Waals surface area contributed by atoms with Crippen molar-refractivity contribution in [3.05, 3.63) is 53.0 Å². The Morgan fingerprint density at radius 2 is 1.78 bits per heavy atom. The summed E-state index contributed by atoms with van der Waals surface area (Å²) in [6, 6.07) is 10.2. The highest BCUT2D eigenvalue weighted by Gasteiger charge is 2.45. The van der Waals surface area contributed by atoms with E-state index in [1.807, 2.05) is 19.9 Å². The van der Waals surface area contributed by atoms with Gasteiger partial charge in [0, 0.05) is 36.3 Å². The molecule has 3 saturated heterocycles. The molecule has 4 aliphatic heterocycles. The van der Waals surface area contributed by atoms with Crippen molar-refractivity contribution in [2.75, 3.05) is 49.1 Å². The number of piperidine rings is 1. The zero-order valence-electron chi connectivity index (χ0n) is 24.5. The number of aromatic nitrogens is 2. The van der Waals surface area contributed by atoms with Crippen LogP contribution in [0.3, 0.4) is 0 Å². The lowest BCUT2D eigenvalue weighted by molar-refractivity contribution is 0.0445. The first-order valence-corrected chi connectivity index (χ1v) is 15.6. The van der Waals surface area contributed by atoms with Gasteiger partial charge in [-0.25, -0.2) is 4.39 Å². The van der Waals surface area contributed by atoms with Crippen molar-refractivity contribution in [2.24, 2.45) is 0 Å². The summed E-state index contributed by atoms with van der Waals surface area (Å²) in [5, 5.41) is 13.0. The van der Waals surface area contributed by atoms with Gasteiger partial charge in [-0.1, -0.05) is 25.1 Å². The maximum absolute atomic E-state index is 14.9. The van der Waals surface area contributed by atoms with Crippen molar-refractivity contribution >= 4 is 22.3 Å². The third kappa shape index (κ3) is 4.83. The molecule has 0 bridgehead atoms. The van der Waals surface area contributed by atoms with Crippen LogP contribution < -0.4 is 14.5 Å². The van der Waals surface area contributed by atoms with Crippen LogP contribution in [0, 0.1) is 5.82 Å². The zero-order valence-corrected chi connectivity index (χ0v) is 24.5. The Labute approximate surface area is 242 Å². The third-order valence-electron chi connectivity index (χ3n) is 10.0. The maximum atomic E-state index is 14.9. The Morgan fingerprint density at radius 1 is 0.976 bits per heavy atom. The highest BCUT2D eigenvalue weighted by molar-refractivity contribution is 5.97. The molecular weight excluding hydrogens is 517 g/mol. The number of aryl methyl sites for hydroxylation is 1. The van der Waals surface area contributed by atoms with Gasteiger partial charge >= 0.3 is 6.01 Å². The first kappa shape index (κ1) is 26.9. The lowest BCUT2D eigenvalue weighted by Gasteiger charge is -2.40. The summed E-state index contributed by atoms with van der Waals surface area (Å²) in [7, 11) is 0. The number of fused-ring (bicyclic) bond motifs is 3. The van der Waals surface area contributed by atoms with Gasteiger partial charge in [-0.15, -0.1) is 0 Å². The molecular formula is C33H42FN5O2. The number of benzene rings is 2. The van der Waals surface area contributed by atoms with Crippen LogP contribution >= 0.6 is 0 Å². The van der Waals surface area contributed by atoms with Crippen LogP contribution in [0.4, 0.5) is 15.9 Å². The summed E-state index contributed by atoms with van der Waals surface area (Å²) in [5.41, 5.74) is 3.32. The van der Waals surface area contributed by atoms with E-state index in [0.29, 0.717) is 32.1 Å². The highest BCUT2D eigenvalue weighted by atomic mass is 19.1. The Bertz CT molecular complexity index is 1450. The minimum atomic E-state index is -0.742. The monoisotopic (exact) mass is 559 g/mol. The molecule has 3 aromatic rings. The van der Waals surface area contributed by atoms with Crippen LogP contribution in [0.2, 0.25) is 0 Å². The van der Waals surface area contributed by atoms with Crippen molar-refractivity contribution in [3.63, 3.8) is 0 Å². The Morgan fingerprint density at radius 3 is 2.56 bits per heavy atom. The van der Waals surface area contributed by atoms with E-state index in [1.54, 1.807) is 6.07 Å². The quantitative estimate of drug-likeness (QED) is 0.443. The van der Waals surface area contributed by atoms with Gasteiger partial charge in [0.25, 0.3) is 0 Å². The van der Waals surface area contributed by atoms with Crippen LogP contribution in [0.5, 0.6) is 6.01 Å². The third-order valence-corrected chi connectivity index (χ3v) is 10.0. The summed E-state index contributed by atoms with van der Waals surface area (Å²) in [5.74, 6) is 0.768. The number of hydrogen-bond donors (Lipinski definition) is 1. The van der Waals surface area contributed by atoms with E-state index in [1.165, 1.54) is 25.7 Å². The van der Waals surface area contributed by atoms with Crippen molar-refractivity contribution in [2.45, 2.75) is 82.9 Å². The molecule has 7 rings (SSSR count). The van der Waals surface area contributed by atoms with Crippen LogP contribution in [-0.4, -0.2) is 70.4 Å². The molecule has 3 fully saturated rings. The number of ether oxygens (including phenoxy) is 1. The fourth-order valence-electron chi connectivity index (χ4n) is 8.00. The summed E-state index contributed by atoms with van der Waals surface area (Å²) >= 11 is 0. The molecule has 0 aliphatic carbocycles. The van der Waals surface area contributed by atoms with E-state index >= 15 is 0 Å². The molecule has 218 valence electrons. The number of rotatable bonds is 6. The zero-order chi connectivity index (χ0) is 28.2. The van der Waals surface area contributed by atoms with Crippen molar-refractivity contribution in [3.8, 4) is 6.01 Å². The smallest absolute Gasteiger partial charge is 0.318 e. The standard InChI is InChI=1S/C33H42FN5O2/c1-3-24-26(34)11-10-23-8-4-9-28(29(23)24)37-19-12-25-27(20-37)35-31(36-30(25)38-16-5-13-32(2,40)21-38)41-22-33-14-6-17-39(33)18-7-15-33/h4,8-11,40H,3,5-7,12-22H2,1-2H3. The fraction of sp³-hybridized carbons (Fsp3) is 0.576. The molecule has 8 heteroatoms. The first-order chi connectivity index (χ1) is 19.9. The molecule has 0 saturated carbocycles. The second kappa shape index (κ2) is 10.4. The number of nitrogens with zero attached hydrogens (tertiary/aromatic N) is 5. The number of β-amino-alcohol motifs (C(OH)–C–C–N with tert-alkyl or cyclic N) is 1. The Balaban J connectivity index is 1.25. The second-order valence-corrected chi connectivity index (χ2v) is 12.9. The average molecular weight is 560 g/mol. The Kier molecular flexibility index (Phi) is 6.81. The van der Waals surface area contributed by atoms with Gasteiger partial charge in [0.15, 0.2) is 0 Å². The molecule has 0 spiro atoms. The highest BCUT2D eigenvalue weighted by Crippen LogP contribution is 2.40.